The lowest BCUT2D eigenvalue weighted by Gasteiger charge is -2.16. The fourth-order valence-corrected chi connectivity index (χ4v) is 4.71. The van der Waals surface area contributed by atoms with Crippen LogP contribution in [-0.2, 0) is 17.8 Å². The average molecular weight is 436 g/mol. The van der Waals surface area contributed by atoms with E-state index in [1.54, 1.807) is 0 Å². The minimum Gasteiger partial charge on any atom is -0.378 e. The van der Waals surface area contributed by atoms with Crippen molar-refractivity contribution in [2.45, 2.75) is 49.6 Å². The molecule has 7 heteroatoms. The van der Waals surface area contributed by atoms with Gasteiger partial charge in [-0.1, -0.05) is 30.8 Å². The monoisotopic (exact) mass is 435 g/mol. The van der Waals surface area contributed by atoms with Crippen molar-refractivity contribution in [3.05, 3.63) is 54.1 Å². The van der Waals surface area contributed by atoms with E-state index in [1.807, 2.05) is 26.2 Å². The van der Waals surface area contributed by atoms with Gasteiger partial charge in [-0.15, -0.1) is 10.2 Å². The molecule has 0 saturated heterocycles. The van der Waals surface area contributed by atoms with Crippen molar-refractivity contribution >= 4 is 29.0 Å². The summed E-state index contributed by atoms with van der Waals surface area (Å²) in [6, 6.07) is 16.4. The summed E-state index contributed by atoms with van der Waals surface area (Å²) in [7, 11) is 4.05. The molecule has 3 aromatic rings. The molecule has 0 spiro atoms. The smallest absolute Gasteiger partial charge is 0.241 e. The zero-order valence-electron chi connectivity index (χ0n) is 18.6. The molecule has 1 amide bonds. The summed E-state index contributed by atoms with van der Waals surface area (Å²) >= 11 is 1.54. The number of hydrogen-bond donors (Lipinski definition) is 1. The third-order valence-corrected chi connectivity index (χ3v) is 7.17. The first-order valence-corrected chi connectivity index (χ1v) is 11.6. The molecule has 0 radical (unpaired) electrons. The van der Waals surface area contributed by atoms with Crippen molar-refractivity contribution < 1.29 is 4.79 Å². The van der Waals surface area contributed by atoms with Crippen LogP contribution < -0.4 is 10.2 Å². The van der Waals surface area contributed by atoms with Gasteiger partial charge in [-0.3, -0.25) is 4.79 Å². The van der Waals surface area contributed by atoms with Crippen LogP contribution in [0.25, 0.3) is 11.4 Å². The van der Waals surface area contributed by atoms with Crippen molar-refractivity contribution in [1.82, 2.24) is 14.8 Å². The molecular formula is C24H29N5OS. The van der Waals surface area contributed by atoms with E-state index in [-0.39, 0.29) is 5.91 Å². The Bertz CT molecular complexity index is 1050. The van der Waals surface area contributed by atoms with Gasteiger partial charge in [0, 0.05) is 37.6 Å². The van der Waals surface area contributed by atoms with Gasteiger partial charge in [0.25, 0.3) is 0 Å². The molecule has 1 aliphatic carbocycles. The number of anilines is 2. The molecular weight excluding hydrogens is 406 g/mol. The van der Waals surface area contributed by atoms with Gasteiger partial charge >= 0.3 is 0 Å². The quantitative estimate of drug-likeness (QED) is 0.548. The summed E-state index contributed by atoms with van der Waals surface area (Å²) in [5, 5.41) is 12.8. The minimum absolute atomic E-state index is 0.0456. The Hall–Kier alpha value is -2.80. The predicted octanol–water partition coefficient (Wildman–Crippen LogP) is 4.86. The first kappa shape index (κ1) is 21.4. The number of benzene rings is 2. The van der Waals surface area contributed by atoms with E-state index in [0.717, 1.165) is 53.7 Å². The normalized spacial score (nSPS) is 14.3. The Morgan fingerprint density at radius 2 is 1.74 bits per heavy atom. The molecule has 1 fully saturated rings. The second-order valence-corrected chi connectivity index (χ2v) is 9.44. The van der Waals surface area contributed by atoms with Gasteiger partial charge in [-0.2, -0.15) is 0 Å². The van der Waals surface area contributed by atoms with Crippen molar-refractivity contribution in [3.63, 3.8) is 0 Å². The second-order valence-electron chi connectivity index (χ2n) is 8.09. The fraction of sp³-hybridized carbons (Fsp3) is 0.375. The molecule has 31 heavy (non-hydrogen) atoms. The number of rotatable bonds is 8. The first-order chi connectivity index (χ1) is 15.0. The van der Waals surface area contributed by atoms with Gasteiger partial charge in [0.2, 0.25) is 5.91 Å². The van der Waals surface area contributed by atoms with Crippen molar-refractivity contribution in [3.8, 4) is 11.4 Å². The fourth-order valence-electron chi connectivity index (χ4n) is 3.50. The van der Waals surface area contributed by atoms with Gasteiger partial charge in [0.15, 0.2) is 11.0 Å². The Kier molecular flexibility index (Phi) is 6.05. The number of aryl methyl sites for hydroxylation is 1. The predicted molar refractivity (Wildman–Crippen MR) is 128 cm³/mol. The Balaban J connectivity index is 1.51. The highest BCUT2D eigenvalue weighted by Gasteiger charge is 2.52. The maximum Gasteiger partial charge on any atom is 0.241 e. The molecule has 0 aliphatic heterocycles. The summed E-state index contributed by atoms with van der Waals surface area (Å²) in [5.74, 6) is 0.881. The van der Waals surface area contributed by atoms with Crippen molar-refractivity contribution in [2.75, 3.05) is 24.3 Å². The topological polar surface area (TPSA) is 63.1 Å². The van der Waals surface area contributed by atoms with E-state index in [4.69, 9.17) is 0 Å². The minimum atomic E-state index is -0.463. The highest BCUT2D eigenvalue weighted by Crippen LogP contribution is 2.52. The van der Waals surface area contributed by atoms with Crippen LogP contribution in [0.4, 0.5) is 11.4 Å². The number of amides is 1. The number of hydrogen-bond acceptors (Lipinski definition) is 5. The molecule has 1 saturated carbocycles. The van der Waals surface area contributed by atoms with Gasteiger partial charge in [0.1, 0.15) is 4.75 Å². The lowest BCUT2D eigenvalue weighted by atomic mass is 10.1. The van der Waals surface area contributed by atoms with Crippen molar-refractivity contribution in [2.24, 2.45) is 0 Å². The summed E-state index contributed by atoms with van der Waals surface area (Å²) < 4.78 is 1.63. The Morgan fingerprint density at radius 1 is 1.06 bits per heavy atom. The van der Waals surface area contributed by atoms with E-state index in [9.17, 15) is 4.79 Å². The highest BCUT2D eigenvalue weighted by atomic mass is 32.2. The summed E-state index contributed by atoms with van der Waals surface area (Å²) in [6.07, 6.45) is 2.68. The van der Waals surface area contributed by atoms with E-state index < -0.39 is 4.75 Å². The number of aromatic nitrogens is 3. The molecule has 162 valence electrons. The number of nitrogens with one attached hydrogen (secondary N) is 1. The van der Waals surface area contributed by atoms with E-state index in [1.165, 1.54) is 17.3 Å². The van der Waals surface area contributed by atoms with Crippen LogP contribution in [0.2, 0.25) is 0 Å². The lowest BCUT2D eigenvalue weighted by molar-refractivity contribution is -0.116. The maximum absolute atomic E-state index is 13.0. The number of carbonyl (C=O) groups excluding carboxylic acids is 1. The zero-order chi connectivity index (χ0) is 22.0. The largest absolute Gasteiger partial charge is 0.378 e. The van der Waals surface area contributed by atoms with Crippen LogP contribution in [0.3, 0.4) is 0 Å². The van der Waals surface area contributed by atoms with E-state index >= 15 is 0 Å². The third kappa shape index (κ3) is 4.46. The molecule has 0 atom stereocenters. The van der Waals surface area contributed by atoms with Crippen LogP contribution in [0.1, 0.15) is 32.3 Å². The van der Waals surface area contributed by atoms with Gasteiger partial charge in [-0.05, 0) is 68.1 Å². The van der Waals surface area contributed by atoms with Crippen LogP contribution in [-0.4, -0.2) is 39.5 Å². The lowest BCUT2D eigenvalue weighted by Crippen LogP contribution is -2.27. The zero-order valence-corrected chi connectivity index (χ0v) is 19.4. The van der Waals surface area contributed by atoms with Gasteiger partial charge in [0.05, 0.1) is 0 Å². The van der Waals surface area contributed by atoms with Crippen LogP contribution in [0, 0.1) is 0 Å². The maximum atomic E-state index is 13.0. The molecule has 1 heterocycles. The summed E-state index contributed by atoms with van der Waals surface area (Å²) in [6.45, 7) is 4.95. The second kappa shape index (κ2) is 8.75. The van der Waals surface area contributed by atoms with Gasteiger partial charge < -0.3 is 14.8 Å². The molecule has 0 unspecified atom stereocenters. The summed E-state index contributed by atoms with van der Waals surface area (Å²) in [4.78, 5) is 15.1. The van der Waals surface area contributed by atoms with Crippen LogP contribution >= 0.6 is 11.8 Å². The number of thioether (sulfide) groups is 1. The average Bonchev–Trinajstić information content (AvgIpc) is 3.46. The Labute approximate surface area is 188 Å². The molecule has 0 bridgehead atoms. The molecule has 1 aromatic heterocycles. The molecule has 1 N–H and O–H groups in total. The highest BCUT2D eigenvalue weighted by molar-refractivity contribution is 8.01. The molecule has 6 nitrogen and oxygen atoms in total. The third-order valence-electron chi connectivity index (χ3n) is 5.70. The number of carbonyl (C=O) groups is 1. The van der Waals surface area contributed by atoms with Crippen molar-refractivity contribution in [1.29, 1.82) is 0 Å². The first-order valence-electron chi connectivity index (χ1n) is 10.8. The SMILES string of the molecule is CCc1ccc(NC(=O)C2(Sc3nnc(-c4ccc(N(C)C)cc4)n3CC)CC2)cc1. The standard InChI is InChI=1S/C24H29N5OS/c1-5-17-7-11-19(12-8-17)25-22(30)24(15-16-24)31-23-27-26-21(29(23)6-2)18-9-13-20(14-10-18)28(3)4/h7-14H,5-6,15-16H2,1-4H3,(H,25,30). The Morgan fingerprint density at radius 3 is 2.29 bits per heavy atom. The molecule has 2 aromatic carbocycles. The number of nitrogens with zero attached hydrogens (tertiary/aromatic N) is 4. The van der Waals surface area contributed by atoms with Gasteiger partial charge in [-0.25, -0.2) is 0 Å². The molecule has 1 aliphatic rings. The van der Waals surface area contributed by atoms with E-state index in [2.05, 4.69) is 75.2 Å². The summed E-state index contributed by atoms with van der Waals surface area (Å²) in [5.41, 5.74) is 4.27. The van der Waals surface area contributed by atoms with Crippen LogP contribution in [0.15, 0.2) is 53.7 Å². The van der Waals surface area contributed by atoms with E-state index in [0.29, 0.717) is 0 Å². The molecule has 4 rings (SSSR count). The van der Waals surface area contributed by atoms with Crippen LogP contribution in [0.5, 0.6) is 0 Å².